The first-order valence-electron chi connectivity index (χ1n) is 7.77. The quantitative estimate of drug-likeness (QED) is 0.473. The highest BCUT2D eigenvalue weighted by molar-refractivity contribution is 9.10. The molecule has 0 spiro atoms. The van der Waals surface area contributed by atoms with E-state index in [-0.39, 0.29) is 28.3 Å². The Morgan fingerprint density at radius 3 is 2.70 bits per heavy atom. The normalized spacial score (nSPS) is 10.8. The molecule has 0 saturated carbocycles. The van der Waals surface area contributed by atoms with Crippen LogP contribution in [0.2, 0.25) is 0 Å². The van der Waals surface area contributed by atoms with Crippen LogP contribution in [0.4, 0.5) is 5.69 Å². The zero-order valence-electron chi connectivity index (χ0n) is 14.2. The van der Waals surface area contributed by atoms with Crippen LogP contribution in [0.1, 0.15) is 22.8 Å². The maximum Gasteiger partial charge on any atom is 0.335 e. The number of amides is 1. The van der Waals surface area contributed by atoms with Crippen LogP contribution in [0.5, 0.6) is 11.5 Å². The predicted molar refractivity (Wildman–Crippen MR) is 103 cm³/mol. The number of hydrogen-bond acceptors (Lipinski definition) is 5. The molecule has 138 valence electrons. The third-order valence-electron chi connectivity index (χ3n) is 3.39. The van der Waals surface area contributed by atoms with E-state index >= 15 is 0 Å². The number of nitriles is 1. The van der Waals surface area contributed by atoms with Gasteiger partial charge in [-0.2, -0.15) is 5.26 Å². The van der Waals surface area contributed by atoms with Crippen molar-refractivity contribution in [2.75, 3.05) is 11.9 Å². The number of halogens is 1. The Labute approximate surface area is 163 Å². The summed E-state index contributed by atoms with van der Waals surface area (Å²) in [5.41, 5.74) is 0.534. The van der Waals surface area contributed by atoms with Crippen molar-refractivity contribution in [3.8, 4) is 17.6 Å². The standard InChI is InChI=1S/C19H15BrN2O5/c1-2-27-16-8-11(7-15(20)17(16)23)6-13(10-21)18(24)22-14-5-3-4-12(9-14)19(25)26/h3-9,23H,2H2,1H3,(H,22,24)(H,25,26)/b13-6-. The largest absolute Gasteiger partial charge is 0.503 e. The van der Waals surface area contributed by atoms with E-state index in [4.69, 9.17) is 9.84 Å². The molecule has 0 aromatic heterocycles. The van der Waals surface area contributed by atoms with Crippen molar-refractivity contribution in [2.45, 2.75) is 6.92 Å². The second-order valence-electron chi connectivity index (χ2n) is 5.29. The van der Waals surface area contributed by atoms with Crippen molar-refractivity contribution in [2.24, 2.45) is 0 Å². The fourth-order valence-corrected chi connectivity index (χ4v) is 2.65. The molecule has 7 nitrogen and oxygen atoms in total. The van der Waals surface area contributed by atoms with E-state index in [9.17, 15) is 20.0 Å². The number of carboxylic acids is 1. The van der Waals surface area contributed by atoms with Crippen molar-refractivity contribution < 1.29 is 24.5 Å². The zero-order valence-corrected chi connectivity index (χ0v) is 15.8. The van der Waals surface area contributed by atoms with Crippen molar-refractivity contribution in [3.63, 3.8) is 0 Å². The molecule has 27 heavy (non-hydrogen) atoms. The van der Waals surface area contributed by atoms with Crippen LogP contribution in [0.3, 0.4) is 0 Å². The summed E-state index contributed by atoms with van der Waals surface area (Å²) < 4.78 is 5.67. The van der Waals surface area contributed by atoms with Gasteiger partial charge in [0, 0.05) is 5.69 Å². The molecular weight excluding hydrogens is 416 g/mol. The number of nitrogens with zero attached hydrogens (tertiary/aromatic N) is 1. The number of anilines is 1. The predicted octanol–water partition coefficient (Wildman–Crippen LogP) is 3.80. The SMILES string of the molecule is CCOc1cc(/C=C(/C#N)C(=O)Nc2cccc(C(=O)O)c2)cc(Br)c1O. The van der Waals surface area contributed by atoms with Crippen molar-refractivity contribution >= 4 is 39.6 Å². The minimum Gasteiger partial charge on any atom is -0.503 e. The van der Waals surface area contributed by atoms with Gasteiger partial charge < -0.3 is 20.3 Å². The summed E-state index contributed by atoms with van der Waals surface area (Å²) in [4.78, 5) is 23.4. The molecule has 1 amide bonds. The average Bonchev–Trinajstić information content (AvgIpc) is 2.63. The molecular formula is C19H15BrN2O5. The Hall–Kier alpha value is -3.31. The Morgan fingerprint density at radius 1 is 1.33 bits per heavy atom. The number of phenols is 1. The van der Waals surface area contributed by atoms with Crippen LogP contribution < -0.4 is 10.1 Å². The molecule has 2 rings (SSSR count). The first-order chi connectivity index (χ1) is 12.8. The minimum absolute atomic E-state index is 0.0131. The molecule has 0 saturated heterocycles. The van der Waals surface area contributed by atoms with E-state index in [1.165, 1.54) is 42.5 Å². The van der Waals surface area contributed by atoms with Crippen LogP contribution in [0.15, 0.2) is 46.4 Å². The third kappa shape index (κ3) is 5.09. The number of carbonyl (C=O) groups excluding carboxylic acids is 1. The number of carbonyl (C=O) groups is 2. The second kappa shape index (κ2) is 8.87. The van der Waals surface area contributed by atoms with E-state index in [0.29, 0.717) is 16.6 Å². The first kappa shape index (κ1) is 20.0. The molecule has 8 heteroatoms. The topological polar surface area (TPSA) is 120 Å². The van der Waals surface area contributed by atoms with Crippen LogP contribution >= 0.6 is 15.9 Å². The highest BCUT2D eigenvalue weighted by atomic mass is 79.9. The van der Waals surface area contributed by atoms with Crippen LogP contribution in [-0.2, 0) is 4.79 Å². The third-order valence-corrected chi connectivity index (χ3v) is 4.00. The van der Waals surface area contributed by atoms with E-state index in [1.54, 1.807) is 6.92 Å². The number of hydrogen-bond donors (Lipinski definition) is 3. The number of aromatic carboxylic acids is 1. The van der Waals surface area contributed by atoms with Gasteiger partial charge in [0.25, 0.3) is 5.91 Å². The lowest BCUT2D eigenvalue weighted by Gasteiger charge is -2.09. The van der Waals surface area contributed by atoms with Crippen LogP contribution in [-0.4, -0.2) is 28.7 Å². The molecule has 2 aromatic rings. The molecule has 0 atom stereocenters. The van der Waals surface area contributed by atoms with Crippen LogP contribution in [0.25, 0.3) is 6.08 Å². The van der Waals surface area contributed by atoms with Gasteiger partial charge in [-0.3, -0.25) is 4.79 Å². The molecule has 0 radical (unpaired) electrons. The maximum atomic E-state index is 12.4. The molecule has 3 N–H and O–H groups in total. The minimum atomic E-state index is -1.13. The van der Waals surface area contributed by atoms with Gasteiger partial charge in [0.1, 0.15) is 11.6 Å². The molecule has 0 unspecified atom stereocenters. The molecule has 0 aliphatic carbocycles. The van der Waals surface area contributed by atoms with Gasteiger partial charge in [0.15, 0.2) is 11.5 Å². The number of phenolic OH excluding ortho intramolecular Hbond substituents is 1. The molecule has 0 aliphatic rings. The fourth-order valence-electron chi connectivity index (χ4n) is 2.19. The highest BCUT2D eigenvalue weighted by Crippen LogP contribution is 2.36. The summed E-state index contributed by atoms with van der Waals surface area (Å²) in [6, 6.07) is 10.5. The molecule has 2 aromatic carbocycles. The number of aromatic hydroxyl groups is 1. The van der Waals surface area contributed by atoms with Gasteiger partial charge in [-0.1, -0.05) is 6.07 Å². The van der Waals surface area contributed by atoms with E-state index < -0.39 is 11.9 Å². The van der Waals surface area contributed by atoms with Gasteiger partial charge in [-0.25, -0.2) is 4.79 Å². The zero-order chi connectivity index (χ0) is 20.0. The summed E-state index contributed by atoms with van der Waals surface area (Å²) in [6.45, 7) is 2.09. The van der Waals surface area contributed by atoms with Gasteiger partial charge in [0.05, 0.1) is 16.6 Å². The van der Waals surface area contributed by atoms with Crippen molar-refractivity contribution in [1.82, 2.24) is 0 Å². The lowest BCUT2D eigenvalue weighted by atomic mass is 10.1. The summed E-state index contributed by atoms with van der Waals surface area (Å²) in [7, 11) is 0. The maximum absolute atomic E-state index is 12.4. The van der Waals surface area contributed by atoms with Gasteiger partial charge >= 0.3 is 5.97 Å². The van der Waals surface area contributed by atoms with Crippen molar-refractivity contribution in [1.29, 1.82) is 5.26 Å². The number of ether oxygens (including phenoxy) is 1. The fraction of sp³-hybridized carbons (Fsp3) is 0.105. The average molecular weight is 431 g/mol. The summed E-state index contributed by atoms with van der Waals surface area (Å²) in [5, 5.41) is 30.7. The summed E-state index contributed by atoms with van der Waals surface area (Å²) in [6.07, 6.45) is 1.34. The lowest BCUT2D eigenvalue weighted by Crippen LogP contribution is -2.14. The Kier molecular flexibility index (Phi) is 6.57. The van der Waals surface area contributed by atoms with Crippen molar-refractivity contribution in [3.05, 3.63) is 57.6 Å². The number of rotatable bonds is 6. The van der Waals surface area contributed by atoms with E-state index in [2.05, 4.69) is 21.2 Å². The summed E-state index contributed by atoms with van der Waals surface area (Å²) in [5.74, 6) is -1.69. The van der Waals surface area contributed by atoms with Crippen LogP contribution in [0, 0.1) is 11.3 Å². The molecule has 0 fully saturated rings. The second-order valence-corrected chi connectivity index (χ2v) is 6.15. The van der Waals surface area contributed by atoms with Gasteiger partial charge in [-0.05, 0) is 64.8 Å². The molecule has 0 bridgehead atoms. The monoisotopic (exact) mass is 430 g/mol. The Balaban J connectivity index is 2.31. The number of carboxylic acid groups (broad SMARTS) is 1. The Bertz CT molecular complexity index is 963. The Morgan fingerprint density at radius 2 is 2.07 bits per heavy atom. The van der Waals surface area contributed by atoms with E-state index in [0.717, 1.165) is 0 Å². The van der Waals surface area contributed by atoms with Gasteiger partial charge in [0.2, 0.25) is 0 Å². The number of nitrogens with one attached hydrogen (secondary N) is 1. The lowest BCUT2D eigenvalue weighted by molar-refractivity contribution is -0.112. The summed E-state index contributed by atoms with van der Waals surface area (Å²) >= 11 is 3.19. The van der Waals surface area contributed by atoms with E-state index in [1.807, 2.05) is 6.07 Å². The first-order valence-corrected chi connectivity index (χ1v) is 8.56. The highest BCUT2D eigenvalue weighted by Gasteiger charge is 2.13. The van der Waals surface area contributed by atoms with Gasteiger partial charge in [-0.15, -0.1) is 0 Å². The molecule has 0 aliphatic heterocycles. The molecule has 0 heterocycles. The smallest absolute Gasteiger partial charge is 0.335 e. The number of benzene rings is 2.